The highest BCUT2D eigenvalue weighted by molar-refractivity contribution is 9.09. The Kier molecular flexibility index (Phi) is 22.6. The zero-order chi connectivity index (χ0) is 46.2. The second kappa shape index (κ2) is 27.2. The zero-order valence-electron chi connectivity index (χ0n) is 40.6. The van der Waals surface area contributed by atoms with Crippen LogP contribution >= 0.6 is 28.3 Å². The van der Waals surface area contributed by atoms with E-state index >= 15 is 0 Å². The molecule has 368 valence electrons. The second-order valence-corrected chi connectivity index (χ2v) is 20.1. The average molecular weight is 1000 g/mol. The van der Waals surface area contributed by atoms with Crippen molar-refractivity contribution in [1.82, 2.24) is 20.2 Å². The monoisotopic (exact) mass is 1000 g/mol. The van der Waals surface area contributed by atoms with Crippen molar-refractivity contribution >= 4 is 51.9 Å². The van der Waals surface area contributed by atoms with Gasteiger partial charge >= 0.3 is 11.9 Å². The Morgan fingerprint density at radius 3 is 1.57 bits per heavy atom. The third-order valence-corrected chi connectivity index (χ3v) is 13.9. The summed E-state index contributed by atoms with van der Waals surface area (Å²) < 4.78 is 9.70. The number of esters is 2. The normalized spacial score (nSPS) is 17.1. The number of anilines is 2. The smallest absolute Gasteiger partial charge is 0.302 e. The summed E-state index contributed by atoms with van der Waals surface area (Å²) in [6.07, 6.45) is 11.5. The minimum Gasteiger partial charge on any atom is -0.466 e. The molecule has 0 atom stereocenters. The number of pyridine rings is 2. The van der Waals surface area contributed by atoms with Gasteiger partial charge in [-0.3, -0.25) is 14.5 Å². The molecule has 10 nitrogen and oxygen atoms in total. The number of aryl methyl sites for hydroxylation is 2. The Morgan fingerprint density at radius 1 is 0.642 bits per heavy atom. The lowest BCUT2D eigenvalue weighted by Crippen LogP contribution is -2.47. The van der Waals surface area contributed by atoms with Gasteiger partial charge in [0.05, 0.1) is 24.6 Å². The number of fused-ring (bicyclic) bond motifs is 2. The SMILES string of the molecule is C.CC(=O)OCCCCBr.CC(=O)OCCCCN1CCN(c2cccc(-c3ccc4c(c3)CCCC4(C)C)n2)CC1.CC1(C)CCCc2cc(-c3cccc(N4CCNCC4)n3)ccc21.Cl. The summed E-state index contributed by atoms with van der Waals surface area (Å²) in [5, 5.41) is 4.38. The minimum atomic E-state index is -0.190. The number of hydrogen-bond acceptors (Lipinski definition) is 10. The first-order valence-corrected chi connectivity index (χ1v) is 25.4. The van der Waals surface area contributed by atoms with E-state index in [2.05, 4.69) is 141 Å². The van der Waals surface area contributed by atoms with Crippen LogP contribution in [0.5, 0.6) is 0 Å². The predicted octanol–water partition coefficient (Wildman–Crippen LogP) is 11.4. The Bertz CT molecular complexity index is 2150. The molecule has 0 bridgehead atoms. The summed E-state index contributed by atoms with van der Waals surface area (Å²) in [6, 6.07) is 26.8. The van der Waals surface area contributed by atoms with Crippen molar-refractivity contribution in [3.05, 3.63) is 95.1 Å². The van der Waals surface area contributed by atoms with Crippen molar-refractivity contribution in [1.29, 1.82) is 0 Å². The van der Waals surface area contributed by atoms with Crippen LogP contribution in [0.2, 0.25) is 0 Å². The lowest BCUT2D eigenvalue weighted by Gasteiger charge is -2.35. The minimum absolute atomic E-state index is 0. The molecule has 0 saturated carbocycles. The number of unbranched alkanes of at least 4 members (excludes halogenated alkanes) is 2. The maximum absolute atomic E-state index is 10.8. The Hall–Kier alpha value is -4.03. The van der Waals surface area contributed by atoms with Crippen LogP contribution in [0, 0.1) is 0 Å². The lowest BCUT2D eigenvalue weighted by atomic mass is 9.72. The molecule has 0 radical (unpaired) electrons. The number of alkyl halides is 1. The van der Waals surface area contributed by atoms with Crippen LogP contribution in [-0.2, 0) is 42.7 Å². The molecule has 4 heterocycles. The summed E-state index contributed by atoms with van der Waals surface area (Å²) in [5.74, 6) is 1.80. The third kappa shape index (κ3) is 16.6. The maximum Gasteiger partial charge on any atom is 0.302 e. The molecule has 2 aromatic heterocycles. The summed E-state index contributed by atoms with van der Waals surface area (Å²) in [5.41, 5.74) is 11.3. The number of halogens is 2. The first kappa shape index (κ1) is 55.6. The van der Waals surface area contributed by atoms with E-state index in [0.717, 1.165) is 113 Å². The van der Waals surface area contributed by atoms with Crippen LogP contribution in [0.15, 0.2) is 72.8 Å². The van der Waals surface area contributed by atoms with Crippen LogP contribution in [0.25, 0.3) is 22.5 Å². The van der Waals surface area contributed by atoms with Gasteiger partial charge in [0, 0.05) is 82.7 Å². The molecule has 2 fully saturated rings. The van der Waals surface area contributed by atoms with Gasteiger partial charge < -0.3 is 24.6 Å². The number of carbonyl (C=O) groups excluding carboxylic acids is 2. The van der Waals surface area contributed by atoms with Crippen molar-refractivity contribution in [2.24, 2.45) is 0 Å². The first-order chi connectivity index (χ1) is 31.3. The molecule has 0 amide bonds. The lowest BCUT2D eigenvalue weighted by molar-refractivity contribution is -0.142. The predicted molar refractivity (Wildman–Crippen MR) is 285 cm³/mol. The number of piperazine rings is 2. The number of carbonyl (C=O) groups is 2. The molecule has 0 spiro atoms. The van der Waals surface area contributed by atoms with E-state index in [1.807, 2.05) is 0 Å². The summed E-state index contributed by atoms with van der Waals surface area (Å²) in [7, 11) is 0. The summed E-state index contributed by atoms with van der Waals surface area (Å²) in [4.78, 5) is 38.3. The maximum atomic E-state index is 10.8. The van der Waals surface area contributed by atoms with Gasteiger partial charge in [-0.05, 0) is 140 Å². The van der Waals surface area contributed by atoms with Gasteiger partial charge in [0.15, 0.2) is 0 Å². The fourth-order valence-corrected chi connectivity index (χ4v) is 10.0. The van der Waals surface area contributed by atoms with E-state index in [-0.39, 0.29) is 37.2 Å². The fourth-order valence-electron chi connectivity index (χ4n) is 9.63. The number of benzene rings is 2. The molecule has 67 heavy (non-hydrogen) atoms. The molecule has 12 heteroatoms. The molecular weight excluding hydrogens is 924 g/mol. The van der Waals surface area contributed by atoms with E-state index < -0.39 is 0 Å². The molecule has 8 rings (SSSR count). The molecule has 2 aliphatic carbocycles. The Morgan fingerprint density at radius 2 is 1.10 bits per heavy atom. The Balaban J connectivity index is 0.000000247. The standard InChI is InChI=1S/C27H37N3O2.C21H27N3.C6H11BrO2.CH4.ClH/c1-21(31)32-19-5-4-14-29-15-17-30(18-16-29)26-10-6-9-25(28-26)23-11-12-24-22(20-23)8-7-13-27(24,2)3;1-21(2)10-4-5-16-15-17(8-9-18(16)21)19-6-3-7-20(23-19)24-13-11-22-12-14-24;1-6(8)9-5-3-2-4-7;;/h6,9-12,20H,4-5,7-8,13-19H2,1-3H3;3,6-9,15,22H,4-5,10-14H2,1-2H3;2-5H2,1H3;1H4;1H. The van der Waals surface area contributed by atoms with Crippen molar-refractivity contribution in [3.63, 3.8) is 0 Å². The quantitative estimate of drug-likeness (QED) is 0.0792. The molecule has 4 aliphatic rings. The highest BCUT2D eigenvalue weighted by Gasteiger charge is 2.29. The van der Waals surface area contributed by atoms with Gasteiger partial charge in [-0.2, -0.15) is 0 Å². The van der Waals surface area contributed by atoms with Crippen LogP contribution in [0.1, 0.15) is 123 Å². The molecule has 2 aliphatic heterocycles. The van der Waals surface area contributed by atoms with Crippen molar-refractivity contribution < 1.29 is 19.1 Å². The molecule has 0 unspecified atom stereocenters. The van der Waals surface area contributed by atoms with Crippen LogP contribution in [0.4, 0.5) is 11.6 Å². The molecule has 1 N–H and O–H groups in total. The zero-order valence-corrected chi connectivity index (χ0v) is 43.0. The van der Waals surface area contributed by atoms with Gasteiger partial charge in [0.1, 0.15) is 11.6 Å². The summed E-state index contributed by atoms with van der Waals surface area (Å²) >= 11 is 3.28. The molecule has 2 aromatic carbocycles. The number of hydrogen-bond donors (Lipinski definition) is 1. The van der Waals surface area contributed by atoms with Crippen molar-refractivity contribution in [2.45, 2.75) is 124 Å². The highest BCUT2D eigenvalue weighted by atomic mass is 79.9. The topological polar surface area (TPSA) is 100 Å². The molecule has 2 saturated heterocycles. The fraction of sp³-hybridized carbons (Fsp3) is 0.564. The van der Waals surface area contributed by atoms with E-state index in [0.29, 0.717) is 18.6 Å². The number of aromatic nitrogens is 2. The largest absolute Gasteiger partial charge is 0.466 e. The van der Waals surface area contributed by atoms with Gasteiger partial charge in [-0.15, -0.1) is 12.4 Å². The van der Waals surface area contributed by atoms with E-state index in [1.165, 1.54) is 85.8 Å². The Labute approximate surface area is 417 Å². The summed E-state index contributed by atoms with van der Waals surface area (Å²) in [6.45, 7) is 22.8. The van der Waals surface area contributed by atoms with E-state index in [1.54, 1.807) is 0 Å². The van der Waals surface area contributed by atoms with Gasteiger partial charge in [-0.25, -0.2) is 9.97 Å². The van der Waals surface area contributed by atoms with Crippen LogP contribution in [-0.4, -0.2) is 104 Å². The van der Waals surface area contributed by atoms with Crippen LogP contribution in [0.3, 0.4) is 0 Å². The third-order valence-electron chi connectivity index (χ3n) is 13.4. The number of nitrogens with zero attached hydrogens (tertiary/aromatic N) is 5. The highest BCUT2D eigenvalue weighted by Crippen LogP contribution is 2.40. The van der Waals surface area contributed by atoms with E-state index in [9.17, 15) is 9.59 Å². The van der Waals surface area contributed by atoms with Crippen molar-refractivity contribution in [2.75, 3.05) is 87.2 Å². The van der Waals surface area contributed by atoms with Crippen LogP contribution < -0.4 is 15.1 Å². The molecular formula is C55H80BrClN6O4. The number of rotatable bonds is 13. The number of nitrogens with one attached hydrogen (secondary N) is 1. The van der Waals surface area contributed by atoms with Crippen molar-refractivity contribution in [3.8, 4) is 22.5 Å². The van der Waals surface area contributed by atoms with Gasteiger partial charge in [0.2, 0.25) is 0 Å². The number of ether oxygens (including phenoxy) is 2. The van der Waals surface area contributed by atoms with Gasteiger partial charge in [0.25, 0.3) is 0 Å². The van der Waals surface area contributed by atoms with E-state index in [4.69, 9.17) is 14.7 Å². The molecule has 4 aromatic rings. The van der Waals surface area contributed by atoms with Gasteiger partial charge in [-0.1, -0.05) is 87.4 Å². The second-order valence-electron chi connectivity index (χ2n) is 19.3. The first-order valence-electron chi connectivity index (χ1n) is 24.3. The average Bonchev–Trinajstić information content (AvgIpc) is 3.31.